The highest BCUT2D eigenvalue weighted by atomic mass is 16.5. The van der Waals surface area contributed by atoms with E-state index in [1.165, 1.54) is 0 Å². The first-order chi connectivity index (χ1) is 9.83. The lowest BCUT2D eigenvalue weighted by molar-refractivity contribution is -0.130. The number of hydrogen-bond donors (Lipinski definition) is 1. The van der Waals surface area contributed by atoms with Gasteiger partial charge in [-0.2, -0.15) is 0 Å². The van der Waals surface area contributed by atoms with Crippen molar-refractivity contribution in [3.8, 4) is 0 Å². The highest BCUT2D eigenvalue weighted by Crippen LogP contribution is 2.17. The molecule has 108 valence electrons. The third-order valence-electron chi connectivity index (χ3n) is 3.82. The average molecular weight is 276 g/mol. The van der Waals surface area contributed by atoms with Gasteiger partial charge in [0.05, 0.1) is 0 Å². The fraction of sp³-hybridized carbons (Fsp3) is 0.643. The van der Waals surface area contributed by atoms with Crippen molar-refractivity contribution in [1.82, 2.24) is 15.3 Å². The molecule has 2 saturated heterocycles. The number of piperidine rings is 1. The van der Waals surface area contributed by atoms with Crippen LogP contribution in [0.1, 0.15) is 25.7 Å². The molecule has 6 heteroatoms. The fourth-order valence-corrected chi connectivity index (χ4v) is 2.81. The zero-order valence-electron chi connectivity index (χ0n) is 11.5. The summed E-state index contributed by atoms with van der Waals surface area (Å²) in [5.41, 5.74) is 0. The van der Waals surface area contributed by atoms with Gasteiger partial charge in [0.2, 0.25) is 11.9 Å². The molecule has 0 spiro atoms. The average Bonchev–Trinajstić information content (AvgIpc) is 3.03. The molecular formula is C14H20N4O2. The predicted molar refractivity (Wildman–Crippen MR) is 74.4 cm³/mol. The molecule has 2 aliphatic heterocycles. The Morgan fingerprint density at radius 1 is 1.30 bits per heavy atom. The van der Waals surface area contributed by atoms with Crippen LogP contribution < -0.4 is 10.2 Å². The van der Waals surface area contributed by atoms with E-state index < -0.39 is 0 Å². The second-order valence-corrected chi connectivity index (χ2v) is 5.34. The van der Waals surface area contributed by atoms with Crippen molar-refractivity contribution in [2.45, 2.75) is 37.8 Å². The Hall–Kier alpha value is -1.69. The molecule has 1 amide bonds. The second kappa shape index (κ2) is 6.17. The van der Waals surface area contributed by atoms with E-state index in [2.05, 4.69) is 20.2 Å². The Labute approximate surface area is 118 Å². The van der Waals surface area contributed by atoms with E-state index in [0.29, 0.717) is 6.61 Å². The molecule has 0 radical (unpaired) electrons. The summed E-state index contributed by atoms with van der Waals surface area (Å²) in [6.07, 6.45) is 7.10. The molecule has 3 heterocycles. The molecular weight excluding hydrogens is 256 g/mol. The summed E-state index contributed by atoms with van der Waals surface area (Å²) < 4.78 is 5.42. The molecule has 1 aromatic heterocycles. The standard InChI is InChI=1S/C14H20N4O2/c19-13(12-5-2-9-20-12)17-11-4-1-8-18(10-11)14-15-6-3-7-16-14/h3,6-7,11-12H,1-2,4-5,8-10H2,(H,17,19). The number of ether oxygens (including phenoxy) is 1. The maximum atomic E-state index is 12.1. The van der Waals surface area contributed by atoms with Crippen LogP contribution in [0, 0.1) is 0 Å². The third-order valence-corrected chi connectivity index (χ3v) is 3.82. The molecule has 6 nitrogen and oxygen atoms in total. The Morgan fingerprint density at radius 3 is 2.90 bits per heavy atom. The van der Waals surface area contributed by atoms with Gasteiger partial charge in [0.15, 0.2) is 0 Å². The van der Waals surface area contributed by atoms with Crippen LogP contribution >= 0.6 is 0 Å². The number of anilines is 1. The van der Waals surface area contributed by atoms with Crippen LogP contribution in [0.25, 0.3) is 0 Å². The highest BCUT2D eigenvalue weighted by molar-refractivity contribution is 5.81. The summed E-state index contributed by atoms with van der Waals surface area (Å²) in [6.45, 7) is 2.41. The van der Waals surface area contributed by atoms with Crippen LogP contribution in [0.2, 0.25) is 0 Å². The molecule has 2 atom stereocenters. The smallest absolute Gasteiger partial charge is 0.249 e. The van der Waals surface area contributed by atoms with Crippen molar-refractivity contribution in [2.75, 3.05) is 24.6 Å². The normalized spacial score (nSPS) is 26.5. The van der Waals surface area contributed by atoms with Crippen LogP contribution in [0.4, 0.5) is 5.95 Å². The maximum Gasteiger partial charge on any atom is 0.249 e. The molecule has 0 saturated carbocycles. The summed E-state index contributed by atoms with van der Waals surface area (Å²) in [5, 5.41) is 3.10. The summed E-state index contributed by atoms with van der Waals surface area (Å²) in [5.74, 6) is 0.770. The molecule has 1 aromatic rings. The Kier molecular flexibility index (Phi) is 4.11. The van der Waals surface area contributed by atoms with Gasteiger partial charge in [-0.15, -0.1) is 0 Å². The van der Waals surface area contributed by atoms with Crippen molar-refractivity contribution < 1.29 is 9.53 Å². The number of carbonyl (C=O) groups excluding carboxylic acids is 1. The van der Waals surface area contributed by atoms with E-state index in [0.717, 1.165) is 44.7 Å². The molecule has 2 unspecified atom stereocenters. The first-order valence-electron chi connectivity index (χ1n) is 7.27. The number of aromatic nitrogens is 2. The molecule has 0 aromatic carbocycles. The van der Waals surface area contributed by atoms with E-state index >= 15 is 0 Å². The van der Waals surface area contributed by atoms with Crippen molar-refractivity contribution >= 4 is 11.9 Å². The van der Waals surface area contributed by atoms with E-state index in [-0.39, 0.29) is 18.1 Å². The quantitative estimate of drug-likeness (QED) is 0.882. The van der Waals surface area contributed by atoms with Gasteiger partial charge in [0.25, 0.3) is 0 Å². The summed E-state index contributed by atoms with van der Waals surface area (Å²) in [4.78, 5) is 22.7. The lowest BCUT2D eigenvalue weighted by Gasteiger charge is -2.33. The SMILES string of the molecule is O=C(NC1CCCN(c2ncccn2)C1)C1CCCO1. The summed E-state index contributed by atoms with van der Waals surface area (Å²) >= 11 is 0. The van der Waals surface area contributed by atoms with E-state index in [1.807, 2.05) is 6.07 Å². The number of nitrogens with zero attached hydrogens (tertiary/aromatic N) is 3. The minimum Gasteiger partial charge on any atom is -0.368 e. The molecule has 0 aliphatic carbocycles. The van der Waals surface area contributed by atoms with Crippen LogP contribution in [0.15, 0.2) is 18.5 Å². The van der Waals surface area contributed by atoms with Crippen molar-refractivity contribution in [3.63, 3.8) is 0 Å². The largest absolute Gasteiger partial charge is 0.368 e. The van der Waals surface area contributed by atoms with Gasteiger partial charge in [-0.05, 0) is 31.7 Å². The van der Waals surface area contributed by atoms with E-state index in [9.17, 15) is 4.79 Å². The monoisotopic (exact) mass is 276 g/mol. The topological polar surface area (TPSA) is 67.4 Å². The Bertz CT molecular complexity index is 448. The zero-order valence-corrected chi connectivity index (χ0v) is 11.5. The highest BCUT2D eigenvalue weighted by Gasteiger charge is 2.28. The van der Waals surface area contributed by atoms with Crippen LogP contribution in [-0.4, -0.2) is 47.7 Å². The molecule has 3 rings (SSSR count). The first-order valence-corrected chi connectivity index (χ1v) is 7.27. The fourth-order valence-electron chi connectivity index (χ4n) is 2.81. The van der Waals surface area contributed by atoms with Gasteiger partial charge in [-0.3, -0.25) is 4.79 Å². The Balaban J connectivity index is 1.56. The first kappa shape index (κ1) is 13.3. The van der Waals surface area contributed by atoms with Crippen LogP contribution in [0.5, 0.6) is 0 Å². The minimum atomic E-state index is -0.252. The molecule has 2 aliphatic rings. The summed E-state index contributed by atoms with van der Waals surface area (Å²) in [6, 6.07) is 1.97. The third kappa shape index (κ3) is 3.07. The maximum absolute atomic E-state index is 12.1. The molecule has 20 heavy (non-hydrogen) atoms. The van der Waals surface area contributed by atoms with E-state index in [1.54, 1.807) is 12.4 Å². The lowest BCUT2D eigenvalue weighted by Crippen LogP contribution is -2.50. The number of hydrogen-bond acceptors (Lipinski definition) is 5. The van der Waals surface area contributed by atoms with Gasteiger partial charge in [-0.25, -0.2) is 9.97 Å². The van der Waals surface area contributed by atoms with Gasteiger partial charge in [-0.1, -0.05) is 0 Å². The zero-order chi connectivity index (χ0) is 13.8. The van der Waals surface area contributed by atoms with Crippen molar-refractivity contribution in [3.05, 3.63) is 18.5 Å². The minimum absolute atomic E-state index is 0.0309. The van der Waals surface area contributed by atoms with Gasteiger partial charge < -0.3 is 15.0 Å². The Morgan fingerprint density at radius 2 is 2.15 bits per heavy atom. The molecule has 1 N–H and O–H groups in total. The van der Waals surface area contributed by atoms with Gasteiger partial charge in [0, 0.05) is 38.1 Å². The second-order valence-electron chi connectivity index (χ2n) is 5.34. The number of nitrogens with one attached hydrogen (secondary N) is 1. The molecule has 0 bridgehead atoms. The van der Waals surface area contributed by atoms with Gasteiger partial charge in [0.1, 0.15) is 6.10 Å². The van der Waals surface area contributed by atoms with Crippen molar-refractivity contribution in [2.24, 2.45) is 0 Å². The van der Waals surface area contributed by atoms with Crippen LogP contribution in [0.3, 0.4) is 0 Å². The van der Waals surface area contributed by atoms with Crippen LogP contribution in [-0.2, 0) is 9.53 Å². The number of rotatable bonds is 3. The van der Waals surface area contributed by atoms with Crippen molar-refractivity contribution in [1.29, 1.82) is 0 Å². The number of amides is 1. The van der Waals surface area contributed by atoms with Gasteiger partial charge >= 0.3 is 0 Å². The predicted octanol–water partition coefficient (Wildman–Crippen LogP) is 0.741. The molecule has 2 fully saturated rings. The van der Waals surface area contributed by atoms with E-state index in [4.69, 9.17) is 4.74 Å². The summed E-state index contributed by atoms with van der Waals surface area (Å²) in [7, 11) is 0. The lowest BCUT2D eigenvalue weighted by atomic mass is 10.1. The number of carbonyl (C=O) groups is 1.